The molecule has 0 aliphatic heterocycles. The molecule has 0 saturated carbocycles. The second-order valence-corrected chi connectivity index (χ2v) is 4.21. The molecule has 0 spiro atoms. The number of rotatable bonds is 5. The highest BCUT2D eigenvalue weighted by molar-refractivity contribution is 5.94. The van der Waals surface area contributed by atoms with Crippen LogP contribution in [0.4, 0.5) is 0 Å². The van der Waals surface area contributed by atoms with Gasteiger partial charge in [-0.2, -0.15) is 5.10 Å². The molecular weight excluding hydrogens is 234 g/mol. The molecule has 100 valence electrons. The molecule has 6 heteroatoms. The lowest BCUT2D eigenvalue weighted by Gasteiger charge is -2.24. The number of carbonyl (C=O) groups excluding carboxylic acids is 2. The molecule has 1 rings (SSSR count). The number of aromatic nitrogens is 2. The predicted octanol–water partition coefficient (Wildman–Crippen LogP) is 0.834. The molecule has 6 nitrogen and oxygen atoms in total. The van der Waals surface area contributed by atoms with Crippen molar-refractivity contribution in [3.8, 4) is 0 Å². The van der Waals surface area contributed by atoms with Crippen LogP contribution in [0.5, 0.6) is 0 Å². The molecule has 0 unspecified atom stereocenters. The first-order valence-electron chi connectivity index (χ1n) is 5.92. The number of amides is 1. The summed E-state index contributed by atoms with van der Waals surface area (Å²) in [7, 11) is 1.74. The maximum absolute atomic E-state index is 12.2. The van der Waals surface area contributed by atoms with E-state index in [1.165, 1.54) is 4.90 Å². The minimum absolute atomic E-state index is 0.0546. The fourth-order valence-corrected chi connectivity index (χ4v) is 1.51. The second kappa shape index (κ2) is 6.18. The quantitative estimate of drug-likeness (QED) is 0.729. The van der Waals surface area contributed by atoms with Crippen molar-refractivity contribution in [1.29, 1.82) is 0 Å². The van der Waals surface area contributed by atoms with E-state index in [4.69, 9.17) is 4.74 Å². The van der Waals surface area contributed by atoms with Crippen LogP contribution in [0.3, 0.4) is 0 Å². The number of hydrogen-bond acceptors (Lipinski definition) is 4. The van der Waals surface area contributed by atoms with Crippen molar-refractivity contribution >= 4 is 11.9 Å². The number of nitrogens with zero attached hydrogens (tertiary/aromatic N) is 3. The molecule has 0 saturated heterocycles. The maximum Gasteiger partial charge on any atom is 0.325 e. The third kappa shape index (κ3) is 3.58. The van der Waals surface area contributed by atoms with Crippen molar-refractivity contribution in [2.24, 2.45) is 7.05 Å². The van der Waals surface area contributed by atoms with Crippen LogP contribution >= 0.6 is 0 Å². The number of carbonyl (C=O) groups is 2. The smallest absolute Gasteiger partial charge is 0.325 e. The van der Waals surface area contributed by atoms with Gasteiger partial charge in [-0.3, -0.25) is 14.3 Å². The van der Waals surface area contributed by atoms with Crippen molar-refractivity contribution in [2.75, 3.05) is 13.2 Å². The van der Waals surface area contributed by atoms with Gasteiger partial charge in [-0.05, 0) is 26.8 Å². The van der Waals surface area contributed by atoms with Crippen LogP contribution in [-0.4, -0.2) is 45.8 Å². The molecule has 1 aromatic heterocycles. The molecule has 0 radical (unpaired) electrons. The van der Waals surface area contributed by atoms with Gasteiger partial charge in [-0.25, -0.2) is 0 Å². The van der Waals surface area contributed by atoms with Gasteiger partial charge in [0, 0.05) is 19.3 Å². The summed E-state index contributed by atoms with van der Waals surface area (Å²) in [5.74, 6) is -0.672. The molecule has 0 fully saturated rings. The molecule has 0 bridgehead atoms. The van der Waals surface area contributed by atoms with E-state index in [1.54, 1.807) is 30.9 Å². The Morgan fingerprint density at radius 2 is 2.17 bits per heavy atom. The minimum atomic E-state index is -0.407. The third-order valence-corrected chi connectivity index (χ3v) is 2.42. The first-order valence-corrected chi connectivity index (χ1v) is 5.92. The average molecular weight is 253 g/mol. The molecule has 1 aromatic rings. The van der Waals surface area contributed by atoms with E-state index in [0.29, 0.717) is 12.3 Å². The van der Waals surface area contributed by atoms with Crippen LogP contribution in [0.25, 0.3) is 0 Å². The molecular formula is C12H19N3O3. The lowest BCUT2D eigenvalue weighted by molar-refractivity contribution is -0.144. The summed E-state index contributed by atoms with van der Waals surface area (Å²) in [6, 6.07) is 1.53. The molecule has 0 aliphatic rings. The molecule has 0 atom stereocenters. The number of aryl methyl sites for hydroxylation is 1. The third-order valence-electron chi connectivity index (χ3n) is 2.42. The van der Waals surface area contributed by atoms with Crippen molar-refractivity contribution < 1.29 is 14.3 Å². The molecule has 1 heterocycles. The Hall–Kier alpha value is -1.85. The Balaban J connectivity index is 2.79. The first-order chi connectivity index (χ1) is 8.45. The fraction of sp³-hybridized carbons (Fsp3) is 0.583. The van der Waals surface area contributed by atoms with Gasteiger partial charge in [-0.1, -0.05) is 0 Å². The van der Waals surface area contributed by atoms with E-state index < -0.39 is 5.97 Å². The SMILES string of the molecule is CCOC(=O)CN(C(=O)c1ccn(C)n1)C(C)C. The highest BCUT2D eigenvalue weighted by Gasteiger charge is 2.23. The Kier molecular flexibility index (Phi) is 4.88. The number of hydrogen-bond donors (Lipinski definition) is 0. The Morgan fingerprint density at radius 1 is 1.50 bits per heavy atom. The van der Waals surface area contributed by atoms with E-state index in [-0.39, 0.29) is 18.5 Å². The van der Waals surface area contributed by atoms with Crippen LogP contribution in [-0.2, 0) is 16.6 Å². The monoisotopic (exact) mass is 253 g/mol. The van der Waals surface area contributed by atoms with Crippen LogP contribution < -0.4 is 0 Å². The van der Waals surface area contributed by atoms with Gasteiger partial charge in [0.15, 0.2) is 0 Å². The van der Waals surface area contributed by atoms with Crippen LogP contribution in [0.15, 0.2) is 12.3 Å². The molecule has 18 heavy (non-hydrogen) atoms. The van der Waals surface area contributed by atoms with Crippen molar-refractivity contribution in [2.45, 2.75) is 26.8 Å². The largest absolute Gasteiger partial charge is 0.465 e. The zero-order valence-electron chi connectivity index (χ0n) is 11.2. The maximum atomic E-state index is 12.2. The summed E-state index contributed by atoms with van der Waals surface area (Å²) >= 11 is 0. The van der Waals surface area contributed by atoms with Gasteiger partial charge in [0.05, 0.1) is 6.61 Å². The first kappa shape index (κ1) is 14.2. The molecule has 0 aliphatic carbocycles. The van der Waals surface area contributed by atoms with E-state index in [2.05, 4.69) is 5.10 Å². The number of ether oxygens (including phenoxy) is 1. The zero-order valence-corrected chi connectivity index (χ0v) is 11.2. The van der Waals surface area contributed by atoms with Gasteiger partial charge >= 0.3 is 5.97 Å². The lowest BCUT2D eigenvalue weighted by Crippen LogP contribution is -2.41. The lowest BCUT2D eigenvalue weighted by atomic mass is 10.2. The Bertz CT molecular complexity index is 426. The van der Waals surface area contributed by atoms with Crippen molar-refractivity contribution in [3.63, 3.8) is 0 Å². The highest BCUT2D eigenvalue weighted by atomic mass is 16.5. The Morgan fingerprint density at radius 3 is 2.61 bits per heavy atom. The topological polar surface area (TPSA) is 64.4 Å². The second-order valence-electron chi connectivity index (χ2n) is 4.21. The van der Waals surface area contributed by atoms with E-state index >= 15 is 0 Å². The van der Waals surface area contributed by atoms with Gasteiger partial charge < -0.3 is 9.64 Å². The van der Waals surface area contributed by atoms with Gasteiger partial charge in [-0.15, -0.1) is 0 Å². The van der Waals surface area contributed by atoms with Gasteiger partial charge in [0.25, 0.3) is 5.91 Å². The van der Waals surface area contributed by atoms with Crippen LogP contribution in [0.1, 0.15) is 31.3 Å². The van der Waals surface area contributed by atoms with Crippen LogP contribution in [0, 0.1) is 0 Å². The van der Waals surface area contributed by atoms with E-state index in [1.807, 2.05) is 13.8 Å². The van der Waals surface area contributed by atoms with Gasteiger partial charge in [0.1, 0.15) is 12.2 Å². The minimum Gasteiger partial charge on any atom is -0.465 e. The predicted molar refractivity (Wildman–Crippen MR) is 66.0 cm³/mol. The Labute approximate surface area is 107 Å². The molecule has 0 aromatic carbocycles. The van der Waals surface area contributed by atoms with Crippen LogP contribution in [0.2, 0.25) is 0 Å². The normalized spacial score (nSPS) is 10.5. The van der Waals surface area contributed by atoms with E-state index in [0.717, 1.165) is 0 Å². The summed E-state index contributed by atoms with van der Waals surface area (Å²) in [6.45, 7) is 5.68. The van der Waals surface area contributed by atoms with Crippen molar-refractivity contribution in [1.82, 2.24) is 14.7 Å². The standard InChI is InChI=1S/C12H19N3O3/c1-5-18-11(16)8-15(9(2)3)12(17)10-6-7-14(4)13-10/h6-7,9H,5,8H2,1-4H3. The highest BCUT2D eigenvalue weighted by Crippen LogP contribution is 2.06. The molecule has 0 N–H and O–H groups in total. The fourth-order valence-electron chi connectivity index (χ4n) is 1.51. The average Bonchev–Trinajstić information content (AvgIpc) is 2.72. The van der Waals surface area contributed by atoms with Crippen molar-refractivity contribution in [3.05, 3.63) is 18.0 Å². The molecule has 1 amide bonds. The summed E-state index contributed by atoms with van der Waals surface area (Å²) in [5, 5.41) is 4.04. The van der Waals surface area contributed by atoms with Gasteiger partial charge in [0.2, 0.25) is 0 Å². The summed E-state index contributed by atoms with van der Waals surface area (Å²) in [6.07, 6.45) is 1.69. The summed E-state index contributed by atoms with van der Waals surface area (Å²) in [4.78, 5) is 25.1. The summed E-state index contributed by atoms with van der Waals surface area (Å²) < 4.78 is 6.41. The van der Waals surface area contributed by atoms with E-state index in [9.17, 15) is 9.59 Å². The zero-order chi connectivity index (χ0) is 13.7. The number of esters is 1. The summed E-state index contributed by atoms with van der Waals surface area (Å²) in [5.41, 5.74) is 0.329.